The van der Waals surface area contributed by atoms with E-state index in [4.69, 9.17) is 22.1 Å². The molecule has 0 amide bonds. The number of fused-ring (bicyclic) bond motifs is 1. The molecular weight excluding hydrogens is 302 g/mol. The highest BCUT2D eigenvalue weighted by atomic mass is 35.5. The number of aliphatic hydroxyl groups excluding tert-OH is 2. The van der Waals surface area contributed by atoms with E-state index in [1.807, 2.05) is 0 Å². The zero-order valence-electron chi connectivity index (χ0n) is 10.6. The Morgan fingerprint density at radius 2 is 2.38 bits per heavy atom. The monoisotopic (exact) mass is 313 g/mol. The van der Waals surface area contributed by atoms with E-state index < -0.39 is 24.0 Å². The van der Waals surface area contributed by atoms with Crippen LogP contribution in [0.25, 0.3) is 11.2 Å². The molecule has 0 saturated carbocycles. The van der Waals surface area contributed by atoms with E-state index in [-0.39, 0.29) is 23.7 Å². The van der Waals surface area contributed by atoms with E-state index in [9.17, 15) is 15.0 Å². The summed E-state index contributed by atoms with van der Waals surface area (Å²) >= 11 is 5.72. The maximum Gasteiger partial charge on any atom is 0.280 e. The van der Waals surface area contributed by atoms with Gasteiger partial charge in [-0.2, -0.15) is 4.98 Å². The van der Waals surface area contributed by atoms with Crippen molar-refractivity contribution >= 4 is 28.7 Å². The summed E-state index contributed by atoms with van der Waals surface area (Å²) in [5.41, 5.74) is 6.83. The molecule has 1 saturated heterocycles. The number of hydrogen-bond donors (Lipinski definition) is 4. The van der Waals surface area contributed by atoms with Gasteiger partial charge in [0, 0.05) is 11.1 Å². The smallest absolute Gasteiger partial charge is 0.280 e. The molecule has 0 bridgehead atoms. The second-order valence-corrected chi connectivity index (χ2v) is 4.76. The molecule has 21 heavy (non-hydrogen) atoms. The number of aliphatic hydroxyl groups is 2. The van der Waals surface area contributed by atoms with Gasteiger partial charge in [-0.3, -0.25) is 14.3 Å². The Labute approximate surface area is 122 Å². The number of halogens is 1. The van der Waals surface area contributed by atoms with Gasteiger partial charge in [0.1, 0.15) is 12.2 Å². The lowest BCUT2D eigenvalue weighted by molar-refractivity contribution is -0.0422. The molecule has 9 nitrogen and oxygen atoms in total. The minimum atomic E-state index is -1.06. The van der Waals surface area contributed by atoms with Gasteiger partial charge >= 0.3 is 0 Å². The molecule has 0 unspecified atom stereocenters. The van der Waals surface area contributed by atoms with E-state index in [1.54, 1.807) is 0 Å². The number of ether oxygens (including phenoxy) is 1. The van der Waals surface area contributed by atoms with E-state index in [0.29, 0.717) is 5.57 Å². The number of H-pyrrole nitrogens is 1. The summed E-state index contributed by atoms with van der Waals surface area (Å²) in [6.07, 6.45) is -1.37. The fourth-order valence-electron chi connectivity index (χ4n) is 2.28. The van der Waals surface area contributed by atoms with Crippen molar-refractivity contribution in [2.24, 2.45) is 0 Å². The van der Waals surface area contributed by atoms with Gasteiger partial charge in [0.15, 0.2) is 17.4 Å². The Bertz CT molecular complexity index is 770. The SMILES string of the molecule is Nc1nc2c(ncn2[C@@H]2O[C@H](CO)[C@@H](O)C2=CCl)c(=O)[nH]1. The highest BCUT2D eigenvalue weighted by Crippen LogP contribution is 2.35. The van der Waals surface area contributed by atoms with Crippen LogP contribution in [-0.2, 0) is 4.74 Å². The fourth-order valence-corrected chi connectivity index (χ4v) is 2.52. The Morgan fingerprint density at radius 3 is 3.05 bits per heavy atom. The molecule has 10 heteroatoms. The van der Waals surface area contributed by atoms with Crippen molar-refractivity contribution in [3.63, 3.8) is 0 Å². The van der Waals surface area contributed by atoms with Crippen molar-refractivity contribution in [1.29, 1.82) is 0 Å². The van der Waals surface area contributed by atoms with Crippen molar-refractivity contribution < 1.29 is 14.9 Å². The van der Waals surface area contributed by atoms with Crippen LogP contribution in [0.1, 0.15) is 6.23 Å². The van der Waals surface area contributed by atoms with Gasteiger partial charge in [0.2, 0.25) is 5.95 Å². The lowest BCUT2D eigenvalue weighted by Crippen LogP contribution is -2.25. The Kier molecular flexibility index (Phi) is 3.41. The summed E-state index contributed by atoms with van der Waals surface area (Å²) in [6, 6.07) is 0. The molecule has 0 aliphatic carbocycles. The largest absolute Gasteiger partial charge is 0.394 e. The molecule has 0 radical (unpaired) electrons. The van der Waals surface area contributed by atoms with Crippen molar-refractivity contribution in [1.82, 2.24) is 19.5 Å². The van der Waals surface area contributed by atoms with Gasteiger partial charge in [-0.15, -0.1) is 0 Å². The number of hydrogen-bond acceptors (Lipinski definition) is 7. The summed E-state index contributed by atoms with van der Waals surface area (Å²) in [7, 11) is 0. The van der Waals surface area contributed by atoms with Gasteiger partial charge < -0.3 is 20.7 Å². The van der Waals surface area contributed by atoms with Crippen LogP contribution in [-0.4, -0.2) is 48.5 Å². The molecule has 3 rings (SSSR count). The summed E-state index contributed by atoms with van der Waals surface area (Å²) in [4.78, 5) is 22.0. The number of nitrogens with zero attached hydrogens (tertiary/aromatic N) is 3. The zero-order chi connectivity index (χ0) is 15.1. The normalized spacial score (nSPS) is 27.8. The molecule has 1 fully saturated rings. The number of rotatable bonds is 2. The van der Waals surface area contributed by atoms with Gasteiger partial charge in [0.05, 0.1) is 12.9 Å². The number of nitrogens with one attached hydrogen (secondary N) is 1. The van der Waals surface area contributed by atoms with E-state index in [1.165, 1.54) is 16.4 Å². The Hall–Kier alpha value is -1.94. The van der Waals surface area contributed by atoms with Crippen molar-refractivity contribution in [2.75, 3.05) is 12.3 Å². The van der Waals surface area contributed by atoms with Gasteiger partial charge in [0.25, 0.3) is 5.56 Å². The van der Waals surface area contributed by atoms with Crippen molar-refractivity contribution in [3.8, 4) is 0 Å². The van der Waals surface area contributed by atoms with Crippen LogP contribution in [0.2, 0.25) is 0 Å². The maximum absolute atomic E-state index is 11.7. The van der Waals surface area contributed by atoms with Crippen LogP contribution in [0, 0.1) is 0 Å². The predicted molar refractivity (Wildman–Crippen MR) is 73.5 cm³/mol. The minimum Gasteiger partial charge on any atom is -0.394 e. The highest BCUT2D eigenvalue weighted by Gasteiger charge is 2.40. The third-order valence-corrected chi connectivity index (χ3v) is 3.54. The minimum absolute atomic E-state index is 0.0668. The van der Waals surface area contributed by atoms with Crippen molar-refractivity contribution in [3.05, 3.63) is 27.8 Å². The fraction of sp³-hybridized carbons (Fsp3) is 0.364. The number of anilines is 1. The maximum atomic E-state index is 11.7. The lowest BCUT2D eigenvalue weighted by Gasteiger charge is -2.14. The number of imidazole rings is 1. The first-order chi connectivity index (χ1) is 10.1. The summed E-state index contributed by atoms with van der Waals surface area (Å²) in [5, 5.41) is 19.2. The quantitative estimate of drug-likeness (QED) is 0.562. The van der Waals surface area contributed by atoms with Gasteiger partial charge in [-0.25, -0.2) is 4.98 Å². The van der Waals surface area contributed by atoms with Gasteiger partial charge in [-0.1, -0.05) is 11.6 Å². The van der Waals surface area contributed by atoms with Crippen LogP contribution < -0.4 is 11.3 Å². The molecule has 112 valence electrons. The Balaban J connectivity index is 2.15. The average molecular weight is 314 g/mol. The third kappa shape index (κ3) is 2.10. The second-order valence-electron chi connectivity index (χ2n) is 4.54. The van der Waals surface area contributed by atoms with Crippen LogP contribution in [0.3, 0.4) is 0 Å². The van der Waals surface area contributed by atoms with E-state index in [2.05, 4.69) is 15.0 Å². The van der Waals surface area contributed by atoms with Crippen LogP contribution in [0.15, 0.2) is 22.2 Å². The molecule has 5 N–H and O–H groups in total. The molecule has 0 spiro atoms. The molecular formula is C11H12ClN5O4. The molecule has 1 aliphatic heterocycles. The number of aromatic amines is 1. The predicted octanol–water partition coefficient (Wildman–Crippen LogP) is -0.925. The van der Waals surface area contributed by atoms with E-state index >= 15 is 0 Å². The summed E-state index contributed by atoms with van der Waals surface area (Å²) in [6.45, 7) is -0.380. The number of aromatic nitrogens is 4. The number of nitrogens with two attached hydrogens (primary N) is 1. The highest BCUT2D eigenvalue weighted by molar-refractivity contribution is 6.25. The second kappa shape index (κ2) is 5.11. The Morgan fingerprint density at radius 1 is 1.62 bits per heavy atom. The van der Waals surface area contributed by atoms with Crippen molar-refractivity contribution in [2.45, 2.75) is 18.4 Å². The molecule has 0 aromatic carbocycles. The summed E-state index contributed by atoms with van der Waals surface area (Å²) in [5.74, 6) is -0.0668. The molecule has 3 heterocycles. The van der Waals surface area contributed by atoms with Crippen LogP contribution in [0.5, 0.6) is 0 Å². The van der Waals surface area contributed by atoms with Gasteiger partial charge in [-0.05, 0) is 0 Å². The topological polar surface area (TPSA) is 139 Å². The number of nitrogen functional groups attached to an aromatic ring is 1. The molecule has 2 aromatic rings. The third-order valence-electron chi connectivity index (χ3n) is 3.29. The molecule has 1 aliphatic rings. The first-order valence-corrected chi connectivity index (χ1v) is 6.47. The average Bonchev–Trinajstić information content (AvgIpc) is 2.99. The zero-order valence-corrected chi connectivity index (χ0v) is 11.4. The molecule has 3 atom stereocenters. The first-order valence-electron chi connectivity index (χ1n) is 6.03. The lowest BCUT2D eigenvalue weighted by atomic mass is 10.1. The summed E-state index contributed by atoms with van der Waals surface area (Å²) < 4.78 is 6.96. The standard InChI is InChI=1S/C11H12ClN5O4/c12-1-4-7(19)5(2-18)21-10(4)17-3-14-6-8(17)15-11(13)16-9(6)20/h1,3,5,7,10,18-19H,2H2,(H3,13,15,16,20)/t5-,7+,10-/m1/s1. The molecule has 2 aromatic heterocycles. The van der Waals surface area contributed by atoms with E-state index in [0.717, 1.165) is 0 Å². The van der Waals surface area contributed by atoms with Crippen LogP contribution >= 0.6 is 11.6 Å². The first kappa shape index (κ1) is 14.0. The van der Waals surface area contributed by atoms with Crippen LogP contribution in [0.4, 0.5) is 5.95 Å².